The second-order valence-corrected chi connectivity index (χ2v) is 6.08. The molecule has 1 heterocycles. The van der Waals surface area contributed by atoms with Gasteiger partial charge in [0, 0.05) is 20.8 Å². The van der Waals surface area contributed by atoms with Crippen molar-refractivity contribution in [3.05, 3.63) is 0 Å². The maximum Gasteiger partial charge on any atom is 0.229 e. The Kier molecular flexibility index (Phi) is 8.22. The molecule has 1 rings (SSSR count). The van der Waals surface area contributed by atoms with Crippen molar-refractivity contribution in [2.75, 3.05) is 47.1 Å². The van der Waals surface area contributed by atoms with Crippen molar-refractivity contribution in [1.29, 1.82) is 0 Å². The Morgan fingerprint density at radius 2 is 1.95 bits per heavy atom. The van der Waals surface area contributed by atoms with Crippen LogP contribution in [-0.4, -0.2) is 63.9 Å². The Bertz CT molecular complexity index is 298. The van der Waals surface area contributed by atoms with Gasteiger partial charge in [-0.1, -0.05) is 13.3 Å². The maximum absolute atomic E-state index is 13.2. The number of rotatable bonds is 9. The van der Waals surface area contributed by atoms with E-state index in [-0.39, 0.29) is 17.4 Å². The monoisotopic (exact) mass is 300 g/mol. The van der Waals surface area contributed by atoms with Crippen LogP contribution in [0, 0.1) is 5.41 Å². The first-order chi connectivity index (χ1) is 10.1. The van der Waals surface area contributed by atoms with Crippen molar-refractivity contribution >= 4 is 5.91 Å². The molecule has 0 aliphatic carbocycles. The number of piperidine rings is 1. The molecule has 21 heavy (non-hydrogen) atoms. The van der Waals surface area contributed by atoms with Crippen molar-refractivity contribution in [2.45, 2.75) is 45.6 Å². The van der Waals surface area contributed by atoms with E-state index in [1.165, 1.54) is 0 Å². The molecule has 1 saturated heterocycles. The summed E-state index contributed by atoms with van der Waals surface area (Å²) in [4.78, 5) is 15.2. The van der Waals surface area contributed by atoms with Crippen LogP contribution in [0.3, 0.4) is 0 Å². The smallest absolute Gasteiger partial charge is 0.229 e. The Hall–Kier alpha value is -0.650. The molecule has 1 amide bonds. The van der Waals surface area contributed by atoms with Gasteiger partial charge in [-0.15, -0.1) is 0 Å². The molecule has 1 aliphatic heterocycles. The van der Waals surface area contributed by atoms with Gasteiger partial charge in [0.05, 0.1) is 24.7 Å². The van der Waals surface area contributed by atoms with Gasteiger partial charge in [-0.05, 0) is 39.3 Å². The van der Waals surface area contributed by atoms with Crippen molar-refractivity contribution in [3.8, 4) is 0 Å². The minimum atomic E-state index is -0.199. The molecule has 0 bridgehead atoms. The molecule has 0 aromatic heterocycles. The Morgan fingerprint density at radius 1 is 1.29 bits per heavy atom. The lowest BCUT2D eigenvalue weighted by atomic mass is 9.74. The molecule has 5 nitrogen and oxygen atoms in total. The molecule has 1 N–H and O–H groups in total. The zero-order valence-corrected chi connectivity index (χ0v) is 14.1. The standard InChI is InChI=1S/C16H32N2O3/c1-5-6-16(7-9-17-10-8-16)15(19)18(11-12-20-3)14(2)13-21-4/h14,17H,5-13H2,1-4H3. The van der Waals surface area contributed by atoms with E-state index in [1.807, 2.05) is 4.90 Å². The normalized spacial score (nSPS) is 19.2. The van der Waals surface area contributed by atoms with Crippen molar-refractivity contribution in [1.82, 2.24) is 10.2 Å². The number of carbonyl (C=O) groups is 1. The summed E-state index contributed by atoms with van der Waals surface area (Å²) in [5.41, 5.74) is -0.199. The maximum atomic E-state index is 13.2. The zero-order valence-electron chi connectivity index (χ0n) is 14.1. The Labute approximate surface area is 129 Å². The Balaban J connectivity index is 2.87. The largest absolute Gasteiger partial charge is 0.383 e. The highest BCUT2D eigenvalue weighted by Crippen LogP contribution is 2.36. The predicted octanol–water partition coefficient (Wildman–Crippen LogP) is 1.67. The average molecular weight is 300 g/mol. The first-order valence-corrected chi connectivity index (χ1v) is 8.11. The van der Waals surface area contributed by atoms with Crippen LogP contribution in [-0.2, 0) is 14.3 Å². The molecule has 1 fully saturated rings. The fourth-order valence-electron chi connectivity index (χ4n) is 3.30. The van der Waals surface area contributed by atoms with E-state index in [9.17, 15) is 4.79 Å². The lowest BCUT2D eigenvalue weighted by Gasteiger charge is -2.42. The van der Waals surface area contributed by atoms with Crippen LogP contribution in [0.25, 0.3) is 0 Å². The molecule has 1 atom stereocenters. The fraction of sp³-hybridized carbons (Fsp3) is 0.938. The molecule has 1 aliphatic rings. The van der Waals surface area contributed by atoms with Gasteiger partial charge in [-0.25, -0.2) is 0 Å². The van der Waals surface area contributed by atoms with Gasteiger partial charge in [-0.3, -0.25) is 4.79 Å². The Morgan fingerprint density at radius 3 is 2.48 bits per heavy atom. The molecule has 124 valence electrons. The lowest BCUT2D eigenvalue weighted by molar-refractivity contribution is -0.148. The van der Waals surface area contributed by atoms with Gasteiger partial charge >= 0.3 is 0 Å². The molecular formula is C16H32N2O3. The number of hydrogen-bond acceptors (Lipinski definition) is 4. The van der Waals surface area contributed by atoms with Crippen LogP contribution in [0.5, 0.6) is 0 Å². The van der Waals surface area contributed by atoms with E-state index < -0.39 is 0 Å². The van der Waals surface area contributed by atoms with Crippen molar-refractivity contribution < 1.29 is 14.3 Å². The summed E-state index contributed by atoms with van der Waals surface area (Å²) in [6, 6.07) is 0.0845. The predicted molar refractivity (Wildman–Crippen MR) is 84.4 cm³/mol. The van der Waals surface area contributed by atoms with E-state index in [0.29, 0.717) is 19.8 Å². The molecule has 0 radical (unpaired) electrons. The first kappa shape index (κ1) is 18.4. The first-order valence-electron chi connectivity index (χ1n) is 8.11. The van der Waals surface area contributed by atoms with Crippen molar-refractivity contribution in [2.24, 2.45) is 5.41 Å². The minimum absolute atomic E-state index is 0.0845. The van der Waals surface area contributed by atoms with E-state index in [0.717, 1.165) is 38.8 Å². The summed E-state index contributed by atoms with van der Waals surface area (Å²) in [6.07, 6.45) is 3.88. The van der Waals surface area contributed by atoms with E-state index in [4.69, 9.17) is 9.47 Å². The van der Waals surface area contributed by atoms with Gasteiger partial charge in [0.25, 0.3) is 0 Å². The summed E-state index contributed by atoms with van der Waals surface area (Å²) in [7, 11) is 3.36. The molecule has 0 aromatic rings. The topological polar surface area (TPSA) is 50.8 Å². The molecule has 0 spiro atoms. The number of ether oxygens (including phenoxy) is 2. The zero-order chi connectivity index (χ0) is 15.7. The number of methoxy groups -OCH3 is 2. The molecule has 0 aromatic carbocycles. The SMILES string of the molecule is CCCC1(C(=O)N(CCOC)C(C)COC)CCNCC1. The van der Waals surface area contributed by atoms with Gasteiger partial charge in [0.15, 0.2) is 0 Å². The quantitative estimate of drug-likeness (QED) is 0.704. The highest BCUT2D eigenvalue weighted by molar-refractivity contribution is 5.83. The molecule has 1 unspecified atom stereocenters. The van der Waals surface area contributed by atoms with Gasteiger partial charge in [0.2, 0.25) is 5.91 Å². The second kappa shape index (κ2) is 9.38. The summed E-state index contributed by atoms with van der Waals surface area (Å²) >= 11 is 0. The highest BCUT2D eigenvalue weighted by Gasteiger charge is 2.42. The number of hydrogen-bond donors (Lipinski definition) is 1. The summed E-state index contributed by atoms with van der Waals surface area (Å²) in [5, 5.41) is 3.37. The van der Waals surface area contributed by atoms with E-state index in [1.54, 1.807) is 14.2 Å². The minimum Gasteiger partial charge on any atom is -0.383 e. The lowest BCUT2D eigenvalue weighted by Crippen LogP contribution is -2.53. The highest BCUT2D eigenvalue weighted by atomic mass is 16.5. The second-order valence-electron chi connectivity index (χ2n) is 6.08. The fourth-order valence-corrected chi connectivity index (χ4v) is 3.30. The third-order valence-corrected chi connectivity index (χ3v) is 4.48. The van der Waals surface area contributed by atoms with Gasteiger partial charge < -0.3 is 19.7 Å². The molecule has 5 heteroatoms. The number of nitrogens with one attached hydrogen (secondary N) is 1. The summed E-state index contributed by atoms with van der Waals surface area (Å²) in [5.74, 6) is 0.285. The van der Waals surface area contributed by atoms with Crippen LogP contribution >= 0.6 is 0 Å². The third-order valence-electron chi connectivity index (χ3n) is 4.48. The van der Waals surface area contributed by atoms with Gasteiger partial charge in [-0.2, -0.15) is 0 Å². The van der Waals surface area contributed by atoms with Crippen LogP contribution in [0.1, 0.15) is 39.5 Å². The number of carbonyl (C=O) groups excluding carboxylic acids is 1. The molecule has 0 saturated carbocycles. The summed E-state index contributed by atoms with van der Waals surface area (Å²) in [6.45, 7) is 7.85. The third kappa shape index (κ3) is 4.94. The van der Waals surface area contributed by atoms with E-state index >= 15 is 0 Å². The average Bonchev–Trinajstić information content (AvgIpc) is 2.49. The van der Waals surface area contributed by atoms with Crippen LogP contribution < -0.4 is 5.32 Å². The van der Waals surface area contributed by atoms with E-state index in [2.05, 4.69) is 19.2 Å². The number of nitrogens with zero attached hydrogens (tertiary/aromatic N) is 1. The summed E-state index contributed by atoms with van der Waals surface area (Å²) < 4.78 is 10.4. The van der Waals surface area contributed by atoms with Crippen molar-refractivity contribution in [3.63, 3.8) is 0 Å². The van der Waals surface area contributed by atoms with Crippen LogP contribution in [0.4, 0.5) is 0 Å². The number of amides is 1. The van der Waals surface area contributed by atoms with Crippen LogP contribution in [0.2, 0.25) is 0 Å². The van der Waals surface area contributed by atoms with Gasteiger partial charge in [0.1, 0.15) is 0 Å². The molecular weight excluding hydrogens is 268 g/mol. The van der Waals surface area contributed by atoms with Crippen LogP contribution in [0.15, 0.2) is 0 Å².